The highest BCUT2D eigenvalue weighted by molar-refractivity contribution is 6.10. The Morgan fingerprint density at radius 1 is 1.20 bits per heavy atom. The van der Waals surface area contributed by atoms with Crippen molar-refractivity contribution in [2.24, 2.45) is 0 Å². The molecule has 2 aromatic rings. The van der Waals surface area contributed by atoms with Crippen LogP contribution in [0.3, 0.4) is 0 Å². The van der Waals surface area contributed by atoms with E-state index in [0.29, 0.717) is 24.4 Å². The van der Waals surface area contributed by atoms with Gasteiger partial charge in [-0.3, -0.25) is 4.79 Å². The summed E-state index contributed by atoms with van der Waals surface area (Å²) in [5, 5.41) is 0. The van der Waals surface area contributed by atoms with E-state index in [4.69, 9.17) is 10.5 Å². The molecule has 1 heterocycles. The van der Waals surface area contributed by atoms with Crippen molar-refractivity contribution in [1.82, 2.24) is 0 Å². The second-order valence-electron chi connectivity index (χ2n) is 4.73. The molecule has 0 fully saturated rings. The minimum Gasteiger partial charge on any atom is -0.494 e. The smallest absolute Gasteiger partial charge is 0.259 e. The van der Waals surface area contributed by atoms with E-state index in [9.17, 15) is 4.79 Å². The van der Waals surface area contributed by atoms with E-state index in [1.165, 1.54) is 0 Å². The predicted octanol–water partition coefficient (Wildman–Crippen LogP) is 2.83. The third-order valence-electron chi connectivity index (χ3n) is 3.40. The lowest BCUT2D eigenvalue weighted by Crippen LogP contribution is -2.22. The van der Waals surface area contributed by atoms with Gasteiger partial charge in [0, 0.05) is 16.9 Å². The van der Waals surface area contributed by atoms with Gasteiger partial charge in [-0.2, -0.15) is 0 Å². The molecule has 1 aliphatic rings. The Hall–Kier alpha value is -2.49. The second kappa shape index (κ2) is 4.89. The van der Waals surface area contributed by atoms with Gasteiger partial charge in [-0.05, 0) is 48.9 Å². The molecule has 102 valence electrons. The van der Waals surface area contributed by atoms with Crippen LogP contribution in [0.25, 0.3) is 0 Å². The first-order valence-electron chi connectivity index (χ1n) is 6.62. The van der Waals surface area contributed by atoms with Crippen LogP contribution in [-0.4, -0.2) is 12.5 Å². The third-order valence-corrected chi connectivity index (χ3v) is 3.40. The van der Waals surface area contributed by atoms with Crippen LogP contribution in [0, 0.1) is 0 Å². The average Bonchev–Trinajstić information content (AvgIpc) is 2.77. The molecule has 0 unspecified atom stereocenters. The number of ether oxygens (including phenoxy) is 1. The fourth-order valence-corrected chi connectivity index (χ4v) is 2.42. The number of hydrogen-bond acceptors (Lipinski definition) is 3. The Morgan fingerprint density at radius 2 is 1.95 bits per heavy atom. The number of nitrogens with two attached hydrogens (primary N) is 1. The quantitative estimate of drug-likeness (QED) is 0.871. The summed E-state index contributed by atoms with van der Waals surface area (Å²) in [5.74, 6) is 0.807. The summed E-state index contributed by atoms with van der Waals surface area (Å²) in [6.45, 7) is 3.16. The summed E-state index contributed by atoms with van der Waals surface area (Å²) < 4.78 is 5.41. The first kappa shape index (κ1) is 12.5. The van der Waals surface area contributed by atoms with Gasteiger partial charge in [0.25, 0.3) is 5.91 Å². The SMILES string of the molecule is CCOc1ccc(N2Cc3ccc(N)cc3C2=O)cc1. The van der Waals surface area contributed by atoms with E-state index in [1.807, 2.05) is 43.3 Å². The number of rotatable bonds is 3. The molecular formula is C16H16N2O2. The summed E-state index contributed by atoms with van der Waals surface area (Å²) in [7, 11) is 0. The Labute approximate surface area is 117 Å². The zero-order valence-electron chi connectivity index (χ0n) is 11.3. The van der Waals surface area contributed by atoms with E-state index in [-0.39, 0.29) is 5.91 Å². The minimum absolute atomic E-state index is 0.00328. The Morgan fingerprint density at radius 3 is 2.65 bits per heavy atom. The number of benzene rings is 2. The molecule has 2 N–H and O–H groups in total. The largest absolute Gasteiger partial charge is 0.494 e. The summed E-state index contributed by atoms with van der Waals surface area (Å²) in [6, 6.07) is 13.0. The number of nitrogen functional groups attached to an aromatic ring is 1. The van der Waals surface area contributed by atoms with Gasteiger partial charge < -0.3 is 15.4 Å². The third kappa shape index (κ3) is 2.09. The number of carbonyl (C=O) groups is 1. The summed E-state index contributed by atoms with van der Waals surface area (Å²) in [4.78, 5) is 14.1. The Balaban J connectivity index is 1.88. The zero-order chi connectivity index (χ0) is 14.1. The molecule has 2 aromatic carbocycles. The van der Waals surface area contributed by atoms with Gasteiger partial charge in [-0.1, -0.05) is 6.07 Å². The second-order valence-corrected chi connectivity index (χ2v) is 4.73. The Bertz CT molecular complexity index is 650. The van der Waals surface area contributed by atoms with E-state index >= 15 is 0 Å². The summed E-state index contributed by atoms with van der Waals surface area (Å²) in [5.41, 5.74) is 8.93. The fourth-order valence-electron chi connectivity index (χ4n) is 2.42. The van der Waals surface area contributed by atoms with Gasteiger partial charge in [-0.15, -0.1) is 0 Å². The monoisotopic (exact) mass is 268 g/mol. The summed E-state index contributed by atoms with van der Waals surface area (Å²) >= 11 is 0. The van der Waals surface area contributed by atoms with Gasteiger partial charge in [0.1, 0.15) is 5.75 Å². The standard InChI is InChI=1S/C16H16N2O2/c1-2-20-14-7-5-13(6-8-14)18-10-11-3-4-12(17)9-15(11)16(18)19/h3-9H,2,10,17H2,1H3. The van der Waals surface area contributed by atoms with Crippen LogP contribution in [-0.2, 0) is 6.54 Å². The first-order chi connectivity index (χ1) is 9.69. The number of hydrogen-bond donors (Lipinski definition) is 1. The molecule has 0 saturated heterocycles. The van der Waals surface area contributed by atoms with Crippen molar-refractivity contribution in [1.29, 1.82) is 0 Å². The summed E-state index contributed by atoms with van der Waals surface area (Å²) in [6.07, 6.45) is 0. The van der Waals surface area contributed by atoms with Gasteiger partial charge in [0.05, 0.1) is 13.2 Å². The zero-order valence-corrected chi connectivity index (χ0v) is 11.3. The maximum atomic E-state index is 12.4. The van der Waals surface area contributed by atoms with Crippen molar-refractivity contribution in [2.75, 3.05) is 17.2 Å². The highest BCUT2D eigenvalue weighted by Crippen LogP contribution is 2.30. The van der Waals surface area contributed by atoms with Crippen LogP contribution < -0.4 is 15.4 Å². The van der Waals surface area contributed by atoms with Crippen molar-refractivity contribution in [2.45, 2.75) is 13.5 Å². The molecule has 0 atom stereocenters. The van der Waals surface area contributed by atoms with Crippen molar-refractivity contribution in [3.8, 4) is 5.75 Å². The topological polar surface area (TPSA) is 55.6 Å². The van der Waals surface area contributed by atoms with Crippen LogP contribution >= 0.6 is 0 Å². The molecule has 1 amide bonds. The lowest BCUT2D eigenvalue weighted by molar-refractivity contribution is 0.0996. The molecule has 4 nitrogen and oxygen atoms in total. The number of carbonyl (C=O) groups excluding carboxylic acids is 1. The van der Waals surface area contributed by atoms with Gasteiger partial charge >= 0.3 is 0 Å². The van der Waals surface area contributed by atoms with Crippen molar-refractivity contribution >= 4 is 17.3 Å². The van der Waals surface area contributed by atoms with E-state index in [0.717, 1.165) is 17.0 Å². The first-order valence-corrected chi connectivity index (χ1v) is 6.62. The molecule has 1 aliphatic heterocycles. The maximum Gasteiger partial charge on any atom is 0.259 e. The molecule has 20 heavy (non-hydrogen) atoms. The normalized spacial score (nSPS) is 13.4. The molecule has 0 aromatic heterocycles. The highest BCUT2D eigenvalue weighted by Gasteiger charge is 2.28. The molecule has 0 bridgehead atoms. The average molecular weight is 268 g/mol. The maximum absolute atomic E-state index is 12.4. The lowest BCUT2D eigenvalue weighted by atomic mass is 10.1. The van der Waals surface area contributed by atoms with Gasteiger partial charge in [0.2, 0.25) is 0 Å². The number of fused-ring (bicyclic) bond motifs is 1. The molecule has 4 heteroatoms. The van der Waals surface area contributed by atoms with Crippen LogP contribution in [0.15, 0.2) is 42.5 Å². The molecule has 0 spiro atoms. The highest BCUT2D eigenvalue weighted by atomic mass is 16.5. The van der Waals surface area contributed by atoms with Gasteiger partial charge in [0.15, 0.2) is 0 Å². The van der Waals surface area contributed by atoms with E-state index in [1.54, 1.807) is 11.0 Å². The van der Waals surface area contributed by atoms with Crippen LogP contribution in [0.5, 0.6) is 5.75 Å². The van der Waals surface area contributed by atoms with Crippen LogP contribution in [0.1, 0.15) is 22.8 Å². The van der Waals surface area contributed by atoms with Gasteiger partial charge in [-0.25, -0.2) is 0 Å². The minimum atomic E-state index is -0.00328. The van der Waals surface area contributed by atoms with Crippen LogP contribution in [0.2, 0.25) is 0 Å². The lowest BCUT2D eigenvalue weighted by Gasteiger charge is -2.16. The molecule has 0 saturated carbocycles. The molecule has 3 rings (SSSR count). The van der Waals surface area contributed by atoms with Crippen molar-refractivity contribution < 1.29 is 9.53 Å². The fraction of sp³-hybridized carbons (Fsp3) is 0.188. The van der Waals surface area contributed by atoms with Crippen molar-refractivity contribution in [3.63, 3.8) is 0 Å². The van der Waals surface area contributed by atoms with E-state index < -0.39 is 0 Å². The Kier molecular flexibility index (Phi) is 3.06. The number of anilines is 2. The molecule has 0 radical (unpaired) electrons. The molecule has 0 aliphatic carbocycles. The van der Waals surface area contributed by atoms with Crippen LogP contribution in [0.4, 0.5) is 11.4 Å². The number of nitrogens with zero attached hydrogens (tertiary/aromatic N) is 1. The van der Waals surface area contributed by atoms with E-state index in [2.05, 4.69) is 0 Å². The van der Waals surface area contributed by atoms with Crippen molar-refractivity contribution in [3.05, 3.63) is 53.6 Å². The number of amides is 1. The molecular weight excluding hydrogens is 252 g/mol. The predicted molar refractivity (Wildman–Crippen MR) is 79.0 cm³/mol.